The van der Waals surface area contributed by atoms with Crippen molar-refractivity contribution in [1.82, 2.24) is 4.98 Å². The summed E-state index contributed by atoms with van der Waals surface area (Å²) in [5, 5.41) is 0.788. The highest BCUT2D eigenvalue weighted by molar-refractivity contribution is 8.14. The van der Waals surface area contributed by atoms with Crippen LogP contribution in [0.4, 0.5) is 5.69 Å². The molecule has 2 aromatic rings. The fourth-order valence-electron chi connectivity index (χ4n) is 4.66. The predicted octanol–water partition coefficient (Wildman–Crippen LogP) is 7.19. The van der Waals surface area contributed by atoms with Crippen LogP contribution in [0.15, 0.2) is 53.7 Å². The van der Waals surface area contributed by atoms with Gasteiger partial charge in [-0.1, -0.05) is 69.7 Å². The van der Waals surface area contributed by atoms with Crippen LogP contribution in [0, 0.1) is 5.92 Å². The van der Waals surface area contributed by atoms with E-state index in [2.05, 4.69) is 11.9 Å². The Morgan fingerprint density at radius 1 is 1.03 bits per heavy atom. The van der Waals surface area contributed by atoms with Gasteiger partial charge in [-0.3, -0.25) is 19.7 Å². The van der Waals surface area contributed by atoms with E-state index in [-0.39, 0.29) is 17.9 Å². The third-order valence-electron chi connectivity index (χ3n) is 6.64. The van der Waals surface area contributed by atoms with Crippen molar-refractivity contribution in [2.24, 2.45) is 10.9 Å². The molecule has 0 saturated heterocycles. The van der Waals surface area contributed by atoms with Gasteiger partial charge in [-0.15, -0.1) is 0 Å². The number of aromatic nitrogens is 1. The van der Waals surface area contributed by atoms with Gasteiger partial charge in [-0.2, -0.15) is 0 Å². The molecular formula is C28H37N3O2S. The quantitative estimate of drug-likeness (QED) is 0.338. The molecule has 1 amide bonds. The van der Waals surface area contributed by atoms with Gasteiger partial charge in [-0.25, -0.2) is 0 Å². The second-order valence-electron chi connectivity index (χ2n) is 9.26. The topological polar surface area (TPSA) is 54.8 Å². The molecule has 0 N–H and O–H groups in total. The molecule has 34 heavy (non-hydrogen) atoms. The molecule has 2 heterocycles. The lowest BCUT2D eigenvalue weighted by molar-refractivity contribution is -0.122. The Kier molecular flexibility index (Phi) is 9.43. The number of hydrogen-bond donors (Lipinski definition) is 0. The Labute approximate surface area is 208 Å². The van der Waals surface area contributed by atoms with Crippen molar-refractivity contribution in [3.05, 3.63) is 54.4 Å². The summed E-state index contributed by atoms with van der Waals surface area (Å²) < 4.78 is 5.95. The van der Waals surface area contributed by atoms with Crippen LogP contribution >= 0.6 is 11.8 Å². The number of aliphatic imine (C=N–C) groups is 1. The van der Waals surface area contributed by atoms with Gasteiger partial charge in [0.2, 0.25) is 5.91 Å². The highest BCUT2D eigenvalue weighted by Gasteiger charge is 2.33. The fraction of sp³-hybridized carbons (Fsp3) is 0.536. The molecule has 0 radical (unpaired) electrons. The summed E-state index contributed by atoms with van der Waals surface area (Å²) in [4.78, 5) is 25.0. The minimum atomic E-state index is -0.0156. The number of benzene rings is 1. The Morgan fingerprint density at radius 3 is 2.56 bits per heavy atom. The number of amidine groups is 1. The summed E-state index contributed by atoms with van der Waals surface area (Å²) in [6.45, 7) is 2.97. The molecule has 0 bridgehead atoms. The molecular weight excluding hydrogens is 442 g/mol. The van der Waals surface area contributed by atoms with Crippen molar-refractivity contribution in [3.8, 4) is 5.75 Å². The van der Waals surface area contributed by atoms with Gasteiger partial charge in [0.25, 0.3) is 0 Å². The molecule has 1 aliphatic carbocycles. The van der Waals surface area contributed by atoms with E-state index < -0.39 is 0 Å². The number of rotatable bonds is 10. The Hall–Kier alpha value is -2.34. The largest absolute Gasteiger partial charge is 0.494 e. The molecule has 1 atom stereocenters. The molecule has 1 unspecified atom stereocenters. The summed E-state index contributed by atoms with van der Waals surface area (Å²) >= 11 is 1.65. The number of carbonyl (C=O) groups excluding carboxylic acids is 1. The van der Waals surface area contributed by atoms with Crippen LogP contribution < -0.4 is 9.64 Å². The van der Waals surface area contributed by atoms with Gasteiger partial charge in [0.1, 0.15) is 11.8 Å². The summed E-state index contributed by atoms with van der Waals surface area (Å²) in [5.41, 5.74) is 1.83. The maximum atomic E-state index is 13.7. The Balaban J connectivity index is 1.48. The van der Waals surface area contributed by atoms with Crippen LogP contribution in [-0.2, 0) is 4.79 Å². The Bertz CT molecular complexity index is 926. The maximum Gasteiger partial charge on any atom is 0.236 e. The maximum absolute atomic E-state index is 13.7. The van der Waals surface area contributed by atoms with Crippen LogP contribution in [0.2, 0.25) is 0 Å². The van der Waals surface area contributed by atoms with Gasteiger partial charge in [0, 0.05) is 17.9 Å². The minimum Gasteiger partial charge on any atom is -0.494 e. The minimum absolute atomic E-state index is 0.0156. The number of carbonyl (C=O) groups is 1. The molecule has 182 valence electrons. The van der Waals surface area contributed by atoms with Gasteiger partial charge in [-0.05, 0) is 55.7 Å². The molecule has 1 aromatic heterocycles. The number of amides is 1. The summed E-state index contributed by atoms with van der Waals surface area (Å²) in [6, 6.07) is 13.9. The average molecular weight is 480 g/mol. The van der Waals surface area contributed by atoms with Gasteiger partial charge in [0.05, 0.1) is 18.0 Å². The normalized spacial score (nSPS) is 18.5. The van der Waals surface area contributed by atoms with E-state index >= 15 is 0 Å². The van der Waals surface area contributed by atoms with Crippen molar-refractivity contribution in [2.75, 3.05) is 17.3 Å². The molecule has 6 heteroatoms. The smallest absolute Gasteiger partial charge is 0.236 e. The van der Waals surface area contributed by atoms with E-state index in [0.29, 0.717) is 0 Å². The first kappa shape index (κ1) is 24.8. The third-order valence-corrected chi connectivity index (χ3v) is 7.67. The van der Waals surface area contributed by atoms with E-state index in [0.717, 1.165) is 66.8 Å². The van der Waals surface area contributed by atoms with Crippen molar-refractivity contribution in [2.45, 2.75) is 77.2 Å². The number of ether oxygens (including phenoxy) is 1. The highest BCUT2D eigenvalue weighted by Crippen LogP contribution is 2.36. The monoisotopic (exact) mass is 479 g/mol. The van der Waals surface area contributed by atoms with E-state index in [1.807, 2.05) is 47.4 Å². The van der Waals surface area contributed by atoms with Gasteiger partial charge >= 0.3 is 0 Å². The van der Waals surface area contributed by atoms with Crippen molar-refractivity contribution in [1.29, 1.82) is 0 Å². The summed E-state index contributed by atoms with van der Waals surface area (Å²) in [7, 11) is 0. The number of unbranched alkanes of at least 4 members (excludes halogenated alkanes) is 4. The molecule has 1 aliphatic heterocycles. The number of hydrogen-bond acceptors (Lipinski definition) is 5. The van der Waals surface area contributed by atoms with Crippen LogP contribution in [-0.4, -0.2) is 28.4 Å². The standard InChI is InChI=1S/C28H37N3O2S/c1-2-3-4-5-11-20-33-24-17-15-23(16-18-24)31(27(32)22-12-7-6-8-13-22)28-30-26(21-34-28)25-14-9-10-19-29-25/h9-10,14-19,22,26H,2-8,11-13,20-21H2,1H3. The molecule has 1 fully saturated rings. The average Bonchev–Trinajstić information content (AvgIpc) is 3.38. The molecule has 1 saturated carbocycles. The van der Waals surface area contributed by atoms with Crippen molar-refractivity contribution < 1.29 is 9.53 Å². The third kappa shape index (κ3) is 6.62. The first-order chi connectivity index (χ1) is 16.8. The second kappa shape index (κ2) is 12.9. The lowest BCUT2D eigenvalue weighted by Crippen LogP contribution is -2.40. The van der Waals surface area contributed by atoms with E-state index in [1.165, 1.54) is 32.1 Å². The molecule has 4 rings (SSSR count). The van der Waals surface area contributed by atoms with Crippen molar-refractivity contribution in [3.63, 3.8) is 0 Å². The lowest BCUT2D eigenvalue weighted by Gasteiger charge is -2.29. The van der Waals surface area contributed by atoms with Gasteiger partial charge < -0.3 is 4.74 Å². The SMILES string of the molecule is CCCCCCCOc1ccc(N(C(=O)C2CCCCC2)C2=NC(c3ccccn3)CS2)cc1. The van der Waals surface area contributed by atoms with Crippen LogP contribution in [0.25, 0.3) is 0 Å². The number of anilines is 1. The number of nitrogens with zero attached hydrogens (tertiary/aromatic N) is 3. The fourth-order valence-corrected chi connectivity index (χ4v) is 5.74. The lowest BCUT2D eigenvalue weighted by atomic mass is 9.88. The highest BCUT2D eigenvalue weighted by atomic mass is 32.2. The first-order valence-electron chi connectivity index (χ1n) is 12.9. The molecule has 2 aliphatic rings. The van der Waals surface area contributed by atoms with Crippen LogP contribution in [0.3, 0.4) is 0 Å². The second-order valence-corrected chi connectivity index (χ2v) is 10.2. The summed E-state index contributed by atoms with van der Waals surface area (Å²) in [6.07, 6.45) is 13.3. The Morgan fingerprint density at radius 2 is 1.82 bits per heavy atom. The van der Waals surface area contributed by atoms with Crippen molar-refractivity contribution >= 4 is 28.5 Å². The molecule has 5 nitrogen and oxygen atoms in total. The van der Waals surface area contributed by atoms with E-state index in [9.17, 15) is 4.79 Å². The van der Waals surface area contributed by atoms with Crippen LogP contribution in [0.5, 0.6) is 5.75 Å². The predicted molar refractivity (Wildman–Crippen MR) is 142 cm³/mol. The van der Waals surface area contributed by atoms with Crippen LogP contribution in [0.1, 0.15) is 82.9 Å². The first-order valence-corrected chi connectivity index (χ1v) is 13.9. The number of thioether (sulfide) groups is 1. The zero-order valence-corrected chi connectivity index (χ0v) is 21.1. The zero-order chi connectivity index (χ0) is 23.6. The van der Waals surface area contributed by atoms with E-state index in [4.69, 9.17) is 9.73 Å². The number of pyridine rings is 1. The van der Waals surface area contributed by atoms with Gasteiger partial charge in [0.15, 0.2) is 5.17 Å². The molecule has 0 spiro atoms. The van der Waals surface area contributed by atoms with E-state index in [1.54, 1.807) is 18.0 Å². The molecule has 1 aromatic carbocycles. The zero-order valence-electron chi connectivity index (χ0n) is 20.3. The summed E-state index contributed by atoms with van der Waals surface area (Å²) in [5.74, 6) is 1.92.